The topological polar surface area (TPSA) is 118 Å². The Bertz CT molecular complexity index is 902. The van der Waals surface area contributed by atoms with Crippen LogP contribution in [0.3, 0.4) is 0 Å². The normalized spacial score (nSPS) is 32.3. The van der Waals surface area contributed by atoms with Crippen LogP contribution >= 0.6 is 0 Å². The van der Waals surface area contributed by atoms with Crippen molar-refractivity contribution in [3.05, 3.63) is 42.4 Å². The van der Waals surface area contributed by atoms with Crippen LogP contribution in [0.25, 0.3) is 0 Å². The molecule has 5 rings (SSSR count). The molecule has 2 saturated heterocycles. The van der Waals surface area contributed by atoms with E-state index in [0.717, 1.165) is 0 Å². The van der Waals surface area contributed by atoms with Crippen molar-refractivity contribution >= 4 is 5.91 Å². The molecule has 1 aromatic heterocycles. The number of benzene rings is 1. The molecule has 0 bridgehead atoms. The molecule has 1 amide bonds. The van der Waals surface area contributed by atoms with E-state index in [1.54, 1.807) is 30.3 Å². The number of amides is 1. The second kappa shape index (κ2) is 7.80. The highest BCUT2D eigenvalue weighted by molar-refractivity contribution is 5.73. The lowest BCUT2D eigenvalue weighted by molar-refractivity contribution is -0.336. The summed E-state index contributed by atoms with van der Waals surface area (Å²) < 4.78 is 39.5. The van der Waals surface area contributed by atoms with Gasteiger partial charge in [0.25, 0.3) is 0 Å². The van der Waals surface area contributed by atoms with Gasteiger partial charge in [-0.15, -0.1) is 0 Å². The van der Waals surface area contributed by atoms with Crippen molar-refractivity contribution in [1.82, 2.24) is 5.32 Å². The van der Waals surface area contributed by atoms with Crippen LogP contribution in [0.1, 0.15) is 19.0 Å². The smallest absolute Gasteiger partial charge is 0.231 e. The number of fused-ring (bicyclic) bond motifs is 2. The molecule has 10 nitrogen and oxygen atoms in total. The van der Waals surface area contributed by atoms with E-state index in [1.807, 2.05) is 0 Å². The Morgan fingerprint density at radius 1 is 1.20 bits per heavy atom. The van der Waals surface area contributed by atoms with Gasteiger partial charge in [0.05, 0.1) is 12.9 Å². The molecule has 1 aromatic carbocycles. The number of carbonyl (C=O) groups excluding carboxylic acids is 1. The number of nitrogens with one attached hydrogen (secondary N) is 1. The number of furan rings is 1. The number of hydrogen-bond acceptors (Lipinski definition) is 9. The average Bonchev–Trinajstić information content (AvgIpc) is 3.42. The van der Waals surface area contributed by atoms with Crippen molar-refractivity contribution in [2.75, 3.05) is 13.4 Å². The summed E-state index contributed by atoms with van der Waals surface area (Å²) in [4.78, 5) is 11.8. The van der Waals surface area contributed by atoms with Crippen molar-refractivity contribution in [2.45, 2.75) is 43.9 Å². The van der Waals surface area contributed by atoms with Crippen molar-refractivity contribution in [1.29, 1.82) is 0 Å². The Morgan fingerprint density at radius 3 is 2.87 bits per heavy atom. The molecule has 2 aromatic rings. The zero-order valence-corrected chi connectivity index (χ0v) is 16.1. The number of hydrogen-bond donors (Lipinski definition) is 2. The highest BCUT2D eigenvalue weighted by atomic mass is 16.8. The Hall–Kier alpha value is -2.79. The molecule has 6 atom stereocenters. The summed E-state index contributed by atoms with van der Waals surface area (Å²) in [6, 6.07) is 7.64. The lowest BCUT2D eigenvalue weighted by Gasteiger charge is -2.47. The van der Waals surface area contributed by atoms with E-state index in [0.29, 0.717) is 23.0 Å². The van der Waals surface area contributed by atoms with Crippen LogP contribution < -0.4 is 19.5 Å². The van der Waals surface area contributed by atoms with E-state index in [-0.39, 0.29) is 19.3 Å². The molecule has 0 spiro atoms. The fourth-order valence-corrected chi connectivity index (χ4v) is 3.73. The predicted octanol–water partition coefficient (Wildman–Crippen LogP) is 1.09. The molecule has 3 aliphatic rings. The van der Waals surface area contributed by atoms with Crippen LogP contribution in [0.15, 0.2) is 41.0 Å². The largest absolute Gasteiger partial charge is 0.464 e. The number of aliphatic hydroxyl groups is 1. The molecule has 0 aliphatic carbocycles. The zero-order valence-electron chi connectivity index (χ0n) is 16.1. The van der Waals surface area contributed by atoms with Crippen LogP contribution in [0.5, 0.6) is 17.2 Å². The first kappa shape index (κ1) is 19.2. The monoisotopic (exact) mass is 419 g/mol. The number of aliphatic hydroxyl groups excluding tert-OH is 1. The summed E-state index contributed by atoms with van der Waals surface area (Å²) in [6.45, 7) is 1.65. The lowest BCUT2D eigenvalue weighted by atomic mass is 9.96. The van der Waals surface area contributed by atoms with E-state index in [9.17, 15) is 9.90 Å². The van der Waals surface area contributed by atoms with E-state index < -0.39 is 36.9 Å². The number of rotatable bonds is 4. The minimum atomic E-state index is -1.10. The van der Waals surface area contributed by atoms with Crippen LogP contribution in [-0.2, 0) is 19.0 Å². The summed E-state index contributed by atoms with van der Waals surface area (Å²) in [7, 11) is 0. The predicted molar refractivity (Wildman–Crippen MR) is 97.7 cm³/mol. The first-order valence-corrected chi connectivity index (χ1v) is 9.56. The Labute approximate surface area is 171 Å². The van der Waals surface area contributed by atoms with Gasteiger partial charge >= 0.3 is 0 Å². The molecular formula is C20H21NO9. The summed E-state index contributed by atoms with van der Waals surface area (Å²) >= 11 is 0. The van der Waals surface area contributed by atoms with Crippen LogP contribution in [-0.4, -0.2) is 55.1 Å². The first-order chi connectivity index (χ1) is 14.6. The second-order valence-corrected chi connectivity index (χ2v) is 7.17. The zero-order chi connectivity index (χ0) is 20.7. The van der Waals surface area contributed by atoms with Gasteiger partial charge in [-0.3, -0.25) is 4.79 Å². The highest BCUT2D eigenvalue weighted by Crippen LogP contribution is 2.38. The first-order valence-electron chi connectivity index (χ1n) is 9.56. The molecule has 0 saturated carbocycles. The van der Waals surface area contributed by atoms with Gasteiger partial charge in [-0.05, 0) is 24.3 Å². The SMILES string of the molecule is CC(=O)NC1C(Oc2ccc3c(c2)OCO3)OC2COC(c3ccco3)OC2C1O. The summed E-state index contributed by atoms with van der Waals surface area (Å²) in [6.07, 6.45) is -2.69. The summed E-state index contributed by atoms with van der Waals surface area (Å²) in [5.41, 5.74) is 0. The van der Waals surface area contributed by atoms with Crippen LogP contribution in [0.2, 0.25) is 0 Å². The minimum Gasteiger partial charge on any atom is -0.464 e. The van der Waals surface area contributed by atoms with Gasteiger partial charge in [-0.2, -0.15) is 0 Å². The van der Waals surface area contributed by atoms with Crippen molar-refractivity contribution in [3.8, 4) is 17.2 Å². The van der Waals surface area contributed by atoms with E-state index in [4.69, 9.17) is 32.8 Å². The van der Waals surface area contributed by atoms with E-state index in [2.05, 4.69) is 5.32 Å². The third-order valence-corrected chi connectivity index (χ3v) is 5.11. The number of ether oxygens (including phenoxy) is 6. The molecule has 2 fully saturated rings. The Morgan fingerprint density at radius 2 is 2.07 bits per heavy atom. The Kier molecular flexibility index (Phi) is 4.99. The second-order valence-electron chi connectivity index (χ2n) is 7.17. The Balaban J connectivity index is 1.35. The molecule has 4 heterocycles. The molecular weight excluding hydrogens is 398 g/mol. The van der Waals surface area contributed by atoms with Gasteiger partial charge in [-0.25, -0.2) is 0 Å². The van der Waals surface area contributed by atoms with Crippen molar-refractivity contribution in [2.24, 2.45) is 0 Å². The van der Waals surface area contributed by atoms with Crippen LogP contribution in [0, 0.1) is 0 Å². The lowest BCUT2D eigenvalue weighted by Crippen LogP contribution is -2.67. The van der Waals surface area contributed by atoms with Gasteiger partial charge in [0.15, 0.2) is 17.3 Å². The van der Waals surface area contributed by atoms with Gasteiger partial charge < -0.3 is 43.3 Å². The molecule has 0 radical (unpaired) electrons. The van der Waals surface area contributed by atoms with E-state index >= 15 is 0 Å². The molecule has 6 unspecified atom stereocenters. The number of carbonyl (C=O) groups is 1. The highest BCUT2D eigenvalue weighted by Gasteiger charge is 2.51. The maximum absolute atomic E-state index is 11.8. The maximum Gasteiger partial charge on any atom is 0.231 e. The van der Waals surface area contributed by atoms with Crippen molar-refractivity contribution < 1.29 is 42.7 Å². The van der Waals surface area contributed by atoms with Gasteiger partial charge in [0, 0.05) is 13.0 Å². The van der Waals surface area contributed by atoms with Crippen molar-refractivity contribution in [3.63, 3.8) is 0 Å². The fraction of sp³-hybridized carbons (Fsp3) is 0.450. The summed E-state index contributed by atoms with van der Waals surface area (Å²) in [5.74, 6) is 1.74. The standard InChI is InChI=1S/C20H21NO9/c1-10(22)21-16-17(23)18-15(8-25-19(30-18)13-3-2-6-24-13)29-20(16)28-11-4-5-12-14(7-11)27-9-26-12/h2-7,15-20,23H,8-9H2,1H3,(H,21,22). The minimum absolute atomic E-state index is 0.140. The molecule has 10 heteroatoms. The van der Waals surface area contributed by atoms with Crippen LogP contribution in [0.4, 0.5) is 0 Å². The molecule has 160 valence electrons. The van der Waals surface area contributed by atoms with Gasteiger partial charge in [0.2, 0.25) is 25.3 Å². The molecule has 3 aliphatic heterocycles. The molecule has 2 N–H and O–H groups in total. The summed E-state index contributed by atoms with van der Waals surface area (Å²) in [5, 5.41) is 13.7. The third-order valence-electron chi connectivity index (χ3n) is 5.11. The maximum atomic E-state index is 11.8. The quantitative estimate of drug-likeness (QED) is 0.751. The fourth-order valence-electron chi connectivity index (χ4n) is 3.73. The van der Waals surface area contributed by atoms with Gasteiger partial charge in [-0.1, -0.05) is 0 Å². The molecule has 30 heavy (non-hydrogen) atoms. The average molecular weight is 419 g/mol. The third kappa shape index (κ3) is 3.58. The van der Waals surface area contributed by atoms with Gasteiger partial charge in [0.1, 0.15) is 30.1 Å². The van der Waals surface area contributed by atoms with E-state index in [1.165, 1.54) is 13.2 Å².